The molecule has 0 radical (unpaired) electrons. The molecule has 0 amide bonds. The van der Waals surface area contributed by atoms with Crippen LogP contribution in [0.4, 0.5) is 5.82 Å². The molecule has 118 valence electrons. The fourth-order valence-electron chi connectivity index (χ4n) is 2.70. The van der Waals surface area contributed by atoms with E-state index in [0.29, 0.717) is 11.2 Å². The number of aliphatic hydroxyl groups excluding tert-OH is 1. The number of rotatable bonds is 2. The van der Waals surface area contributed by atoms with Gasteiger partial charge in [-0.1, -0.05) is 0 Å². The number of phosphoric ester groups is 1. The number of hydrogen-bond acceptors (Lipinski definition) is 10. The van der Waals surface area contributed by atoms with E-state index in [1.807, 2.05) is 0 Å². The molecule has 4 rings (SSSR count). The molecule has 0 saturated carbocycles. The minimum Gasteiger partial charge on any atom is -0.756 e. The number of aromatic nitrogens is 4. The van der Waals surface area contributed by atoms with E-state index in [1.165, 1.54) is 17.2 Å². The summed E-state index contributed by atoms with van der Waals surface area (Å²) in [4.78, 5) is 23.5. The van der Waals surface area contributed by atoms with Gasteiger partial charge in [-0.15, -0.1) is 0 Å². The fraction of sp³-hybridized carbons (Fsp3) is 0.500. The monoisotopic (exact) mass is 351 g/mol. The zero-order valence-corrected chi connectivity index (χ0v) is 14.9. The molecule has 0 aromatic carbocycles. The Labute approximate surface area is 151 Å². The van der Waals surface area contributed by atoms with Crippen molar-refractivity contribution >= 4 is 24.8 Å². The third-order valence-corrected chi connectivity index (χ3v) is 4.63. The number of phosphoric acid groups is 1. The van der Waals surface area contributed by atoms with Crippen molar-refractivity contribution in [3.8, 4) is 0 Å². The zero-order valence-electron chi connectivity index (χ0n) is 12.0. The van der Waals surface area contributed by atoms with Gasteiger partial charge in [0.2, 0.25) is 0 Å². The second kappa shape index (κ2) is 6.03. The average Bonchev–Trinajstić information content (AvgIpc) is 3.10. The fourth-order valence-corrected chi connectivity index (χ4v) is 3.82. The van der Waals surface area contributed by atoms with Crippen LogP contribution >= 0.6 is 7.82 Å². The third-order valence-electron chi connectivity index (χ3n) is 3.63. The van der Waals surface area contributed by atoms with Crippen LogP contribution in [-0.2, 0) is 18.3 Å². The number of nitrogens with two attached hydrogens (primary N) is 1. The van der Waals surface area contributed by atoms with Gasteiger partial charge in [-0.3, -0.25) is 9.13 Å². The Morgan fingerprint density at radius 1 is 1.35 bits per heavy atom. The standard InChI is InChI=1S/C10H12N5O6P.Na/c11-8-5-9(13-2-12-8)15(3-14-5)10-7-6(4(1-16)19-10)20-22(17,18)21-7;/h2-4,6-7,10,16H,1H2,(H,17,18)(H2,11,12,13);/q;+1/p-1/t4-,6?,7?,10-;/m1./s1. The third kappa shape index (κ3) is 2.72. The number of fused-ring (bicyclic) bond motifs is 2. The van der Waals surface area contributed by atoms with Gasteiger partial charge in [-0.25, -0.2) is 15.0 Å². The van der Waals surface area contributed by atoms with Gasteiger partial charge in [-0.05, 0) is 0 Å². The summed E-state index contributed by atoms with van der Waals surface area (Å²) in [5.41, 5.74) is 6.44. The van der Waals surface area contributed by atoms with Crippen LogP contribution in [0.2, 0.25) is 0 Å². The van der Waals surface area contributed by atoms with Crippen molar-refractivity contribution in [1.29, 1.82) is 0 Å². The van der Waals surface area contributed by atoms with Crippen molar-refractivity contribution in [3.05, 3.63) is 12.7 Å². The Morgan fingerprint density at radius 2 is 2.09 bits per heavy atom. The van der Waals surface area contributed by atoms with E-state index in [1.54, 1.807) is 0 Å². The van der Waals surface area contributed by atoms with Crippen LogP contribution in [0.5, 0.6) is 0 Å². The minimum absolute atomic E-state index is 0. The van der Waals surface area contributed by atoms with E-state index in [0.717, 1.165) is 0 Å². The Morgan fingerprint density at radius 3 is 2.83 bits per heavy atom. The summed E-state index contributed by atoms with van der Waals surface area (Å²) >= 11 is 0. The maximum Gasteiger partial charge on any atom is 1.00 e. The molecule has 2 aromatic rings. The zero-order chi connectivity index (χ0) is 15.5. The van der Waals surface area contributed by atoms with Gasteiger partial charge in [0.1, 0.15) is 30.2 Å². The number of hydrogen-bond donors (Lipinski definition) is 2. The first-order valence-corrected chi connectivity index (χ1v) is 7.83. The molecule has 2 aliphatic rings. The van der Waals surface area contributed by atoms with Crippen molar-refractivity contribution in [2.24, 2.45) is 0 Å². The van der Waals surface area contributed by atoms with Crippen molar-refractivity contribution < 1.29 is 57.9 Å². The Bertz CT molecular complexity index is 788. The molecule has 3 unspecified atom stereocenters. The molecule has 0 spiro atoms. The summed E-state index contributed by atoms with van der Waals surface area (Å²) in [6.07, 6.45) is -0.906. The summed E-state index contributed by atoms with van der Waals surface area (Å²) in [6, 6.07) is 0. The van der Waals surface area contributed by atoms with Gasteiger partial charge in [0.25, 0.3) is 7.82 Å². The van der Waals surface area contributed by atoms with Crippen LogP contribution in [0.1, 0.15) is 6.23 Å². The van der Waals surface area contributed by atoms with Crippen molar-refractivity contribution in [2.45, 2.75) is 24.5 Å². The molecule has 4 heterocycles. The first-order valence-electron chi connectivity index (χ1n) is 6.37. The average molecular weight is 351 g/mol. The number of aliphatic hydroxyl groups is 1. The first kappa shape index (κ1) is 17.2. The van der Waals surface area contributed by atoms with E-state index in [-0.39, 0.29) is 35.4 Å². The first-order chi connectivity index (χ1) is 10.5. The van der Waals surface area contributed by atoms with Gasteiger partial charge in [0, 0.05) is 0 Å². The molecule has 13 heteroatoms. The molecule has 2 aromatic heterocycles. The van der Waals surface area contributed by atoms with E-state index >= 15 is 0 Å². The van der Waals surface area contributed by atoms with Gasteiger partial charge >= 0.3 is 29.6 Å². The molecule has 11 nitrogen and oxygen atoms in total. The maximum absolute atomic E-state index is 11.5. The molecular formula is C10H11N5NaO6P. The predicted octanol–water partition coefficient (Wildman–Crippen LogP) is -4.45. The Balaban J connectivity index is 0.00000156. The molecule has 2 saturated heterocycles. The van der Waals surface area contributed by atoms with Gasteiger partial charge < -0.3 is 29.5 Å². The Kier molecular flexibility index (Phi) is 4.51. The molecule has 3 N–H and O–H groups in total. The number of nitrogens with zero attached hydrogens (tertiary/aromatic N) is 4. The number of nitrogen functional groups attached to an aromatic ring is 1. The topological polar surface area (TPSA) is 158 Å². The largest absolute Gasteiger partial charge is 1.00 e. The van der Waals surface area contributed by atoms with Crippen LogP contribution in [-0.4, -0.2) is 49.5 Å². The van der Waals surface area contributed by atoms with Crippen molar-refractivity contribution in [1.82, 2.24) is 19.5 Å². The maximum atomic E-state index is 11.5. The van der Waals surface area contributed by atoms with E-state index in [2.05, 4.69) is 15.0 Å². The van der Waals surface area contributed by atoms with Crippen LogP contribution in [0, 0.1) is 0 Å². The Hall–Kier alpha value is -0.620. The van der Waals surface area contributed by atoms with Crippen LogP contribution < -0.4 is 40.2 Å². The van der Waals surface area contributed by atoms with Crippen molar-refractivity contribution in [2.75, 3.05) is 12.3 Å². The molecule has 5 atom stereocenters. The van der Waals surface area contributed by atoms with Crippen LogP contribution in [0.3, 0.4) is 0 Å². The van der Waals surface area contributed by atoms with Gasteiger partial charge in [-0.2, -0.15) is 0 Å². The summed E-state index contributed by atoms with van der Waals surface area (Å²) < 4.78 is 28.4. The van der Waals surface area contributed by atoms with Gasteiger partial charge in [0.05, 0.1) is 12.9 Å². The second-order valence-corrected chi connectivity index (χ2v) is 6.23. The second-order valence-electron chi connectivity index (χ2n) is 4.92. The molecule has 2 fully saturated rings. The summed E-state index contributed by atoms with van der Waals surface area (Å²) in [7, 11) is -4.41. The van der Waals surface area contributed by atoms with Crippen molar-refractivity contribution in [3.63, 3.8) is 0 Å². The predicted molar refractivity (Wildman–Crippen MR) is 68.1 cm³/mol. The quantitative estimate of drug-likeness (QED) is 0.399. The van der Waals surface area contributed by atoms with E-state index < -0.39 is 39.0 Å². The summed E-state index contributed by atoms with van der Waals surface area (Å²) in [5, 5.41) is 9.33. The van der Waals surface area contributed by atoms with Crippen LogP contribution in [0.15, 0.2) is 12.7 Å². The number of anilines is 1. The number of ether oxygens (including phenoxy) is 1. The van der Waals surface area contributed by atoms with Crippen LogP contribution in [0.25, 0.3) is 11.2 Å². The molecule has 0 bridgehead atoms. The smallest absolute Gasteiger partial charge is 0.756 e. The molecule has 2 aliphatic heterocycles. The SMILES string of the molecule is Nc1ncnc2c1ncn2[C@@H]1O[C@H](CO)C2OP(=O)([O-])OC21.[Na+]. The molecular weight excluding hydrogens is 340 g/mol. The molecule has 0 aliphatic carbocycles. The van der Waals surface area contributed by atoms with E-state index in [9.17, 15) is 14.6 Å². The normalized spacial score (nSPS) is 36.1. The van der Waals surface area contributed by atoms with Gasteiger partial charge in [0.15, 0.2) is 17.7 Å². The summed E-state index contributed by atoms with van der Waals surface area (Å²) in [5.74, 6) is 0.190. The van der Waals surface area contributed by atoms with E-state index in [4.69, 9.17) is 19.5 Å². The molecule has 23 heavy (non-hydrogen) atoms. The number of imidazole rings is 1. The minimum atomic E-state index is -4.41. The summed E-state index contributed by atoms with van der Waals surface area (Å²) in [6.45, 7) is -0.412.